The molecule has 114 valence electrons. The Labute approximate surface area is 126 Å². The minimum atomic E-state index is -0.178. The fourth-order valence-corrected chi connectivity index (χ4v) is 3.11. The maximum atomic E-state index is 9.46. The molecule has 1 aromatic rings. The van der Waals surface area contributed by atoms with Crippen molar-refractivity contribution in [3.63, 3.8) is 0 Å². The Morgan fingerprint density at radius 1 is 1.19 bits per heavy atom. The van der Waals surface area contributed by atoms with E-state index in [1.165, 1.54) is 19.3 Å². The highest BCUT2D eigenvalue weighted by Crippen LogP contribution is 2.27. The van der Waals surface area contributed by atoms with Crippen LogP contribution >= 0.6 is 0 Å². The Morgan fingerprint density at radius 3 is 2.48 bits per heavy atom. The zero-order chi connectivity index (χ0) is 15.3. The van der Waals surface area contributed by atoms with Crippen molar-refractivity contribution in [3.05, 3.63) is 16.8 Å². The molecule has 0 radical (unpaired) electrons. The molecule has 0 atom stereocenters. The molecule has 0 unspecified atom stereocenters. The number of hydrogen-bond donors (Lipinski definition) is 2. The van der Waals surface area contributed by atoms with E-state index in [4.69, 9.17) is 5.73 Å². The number of nitrogens with zero attached hydrogens (tertiary/aromatic N) is 3. The Bertz CT molecular complexity index is 526. The number of nitrogens with two attached hydrogens (primary N) is 1. The van der Waals surface area contributed by atoms with Crippen LogP contribution in [-0.4, -0.2) is 22.3 Å². The summed E-state index contributed by atoms with van der Waals surface area (Å²) in [6, 6.07) is 2.28. The zero-order valence-corrected chi connectivity index (χ0v) is 13.1. The fourth-order valence-electron chi connectivity index (χ4n) is 3.11. The molecular formula is C16H25N5. The number of rotatable bonds is 5. The topological polar surface area (TPSA) is 87.6 Å². The first kappa shape index (κ1) is 15.7. The van der Waals surface area contributed by atoms with Crippen LogP contribution in [0.25, 0.3) is 0 Å². The summed E-state index contributed by atoms with van der Waals surface area (Å²) in [7, 11) is 0. The lowest BCUT2D eigenvalue weighted by atomic mass is 9.82. The van der Waals surface area contributed by atoms with Gasteiger partial charge in [-0.1, -0.05) is 33.1 Å². The van der Waals surface area contributed by atoms with Gasteiger partial charge >= 0.3 is 0 Å². The SMILES string of the molecule is CCc1nnc(NCC2(N)CCCCC2)c(C#N)c1CC. The molecule has 1 saturated carbocycles. The number of hydrogen-bond acceptors (Lipinski definition) is 5. The maximum absolute atomic E-state index is 9.46. The van der Waals surface area contributed by atoms with Gasteiger partial charge in [0.1, 0.15) is 11.6 Å². The number of nitriles is 1. The minimum Gasteiger partial charge on any atom is -0.366 e. The van der Waals surface area contributed by atoms with Gasteiger partial charge in [0.2, 0.25) is 0 Å². The summed E-state index contributed by atoms with van der Waals surface area (Å²) in [6.07, 6.45) is 7.29. The lowest BCUT2D eigenvalue weighted by Crippen LogP contribution is -2.47. The molecule has 0 aliphatic heterocycles. The van der Waals surface area contributed by atoms with Crippen LogP contribution in [0.3, 0.4) is 0 Å². The van der Waals surface area contributed by atoms with Crippen molar-refractivity contribution in [3.8, 4) is 6.07 Å². The molecular weight excluding hydrogens is 262 g/mol. The van der Waals surface area contributed by atoms with Crippen LogP contribution in [0.2, 0.25) is 0 Å². The lowest BCUT2D eigenvalue weighted by molar-refractivity contribution is 0.311. The largest absolute Gasteiger partial charge is 0.366 e. The second kappa shape index (κ2) is 6.86. The lowest BCUT2D eigenvalue weighted by Gasteiger charge is -2.33. The van der Waals surface area contributed by atoms with E-state index in [1.54, 1.807) is 0 Å². The van der Waals surface area contributed by atoms with Gasteiger partial charge in [0.15, 0.2) is 5.82 Å². The van der Waals surface area contributed by atoms with E-state index in [0.717, 1.165) is 36.9 Å². The van der Waals surface area contributed by atoms with Gasteiger partial charge in [-0.2, -0.15) is 10.4 Å². The number of aromatic nitrogens is 2. The third kappa shape index (κ3) is 3.51. The molecule has 1 fully saturated rings. The van der Waals surface area contributed by atoms with Gasteiger partial charge in [-0.25, -0.2) is 0 Å². The molecule has 1 aliphatic carbocycles. The third-order valence-electron chi connectivity index (χ3n) is 4.42. The minimum absolute atomic E-state index is 0.178. The summed E-state index contributed by atoms with van der Waals surface area (Å²) in [5, 5.41) is 21.2. The first-order valence-electron chi connectivity index (χ1n) is 7.95. The molecule has 3 N–H and O–H groups in total. The average Bonchev–Trinajstić information content (AvgIpc) is 2.52. The van der Waals surface area contributed by atoms with Crippen LogP contribution in [0.15, 0.2) is 0 Å². The van der Waals surface area contributed by atoms with E-state index >= 15 is 0 Å². The van der Waals surface area contributed by atoms with E-state index in [0.29, 0.717) is 17.9 Å². The summed E-state index contributed by atoms with van der Waals surface area (Å²) in [5.41, 5.74) is 8.80. The summed E-state index contributed by atoms with van der Waals surface area (Å²) in [4.78, 5) is 0. The van der Waals surface area contributed by atoms with E-state index < -0.39 is 0 Å². The molecule has 0 aromatic carbocycles. The molecule has 1 aliphatic rings. The van der Waals surface area contributed by atoms with Crippen molar-refractivity contribution in [1.29, 1.82) is 5.26 Å². The Hall–Kier alpha value is -1.67. The molecule has 0 amide bonds. The van der Waals surface area contributed by atoms with Crippen molar-refractivity contribution in [1.82, 2.24) is 10.2 Å². The van der Waals surface area contributed by atoms with Gasteiger partial charge < -0.3 is 11.1 Å². The molecule has 21 heavy (non-hydrogen) atoms. The van der Waals surface area contributed by atoms with E-state index in [-0.39, 0.29) is 5.54 Å². The van der Waals surface area contributed by atoms with Crippen LogP contribution in [-0.2, 0) is 12.8 Å². The monoisotopic (exact) mass is 287 g/mol. The normalized spacial score (nSPS) is 17.2. The maximum Gasteiger partial charge on any atom is 0.167 e. The molecule has 0 bridgehead atoms. The summed E-state index contributed by atoms with van der Waals surface area (Å²) in [5.74, 6) is 0.585. The summed E-state index contributed by atoms with van der Waals surface area (Å²) < 4.78 is 0. The van der Waals surface area contributed by atoms with Crippen LogP contribution in [0.5, 0.6) is 0 Å². The van der Waals surface area contributed by atoms with Crippen molar-refractivity contribution < 1.29 is 0 Å². The summed E-state index contributed by atoms with van der Waals surface area (Å²) in [6.45, 7) is 4.74. The standard InChI is InChI=1S/C16H25N5/c1-3-12-13(10-17)15(21-20-14(12)4-2)19-11-16(18)8-6-5-7-9-16/h3-9,11,18H2,1-2H3,(H,19,21). The quantitative estimate of drug-likeness (QED) is 0.869. The first-order valence-corrected chi connectivity index (χ1v) is 7.95. The van der Waals surface area contributed by atoms with Crippen molar-refractivity contribution in [2.75, 3.05) is 11.9 Å². The van der Waals surface area contributed by atoms with Crippen LogP contribution in [0.4, 0.5) is 5.82 Å². The van der Waals surface area contributed by atoms with Gasteiger partial charge in [0.05, 0.1) is 5.69 Å². The molecule has 1 heterocycles. The second-order valence-corrected chi connectivity index (χ2v) is 5.94. The Balaban J connectivity index is 2.18. The van der Waals surface area contributed by atoms with Gasteiger partial charge in [-0.3, -0.25) is 0 Å². The van der Waals surface area contributed by atoms with E-state index in [9.17, 15) is 5.26 Å². The first-order chi connectivity index (χ1) is 10.1. The molecule has 0 spiro atoms. The zero-order valence-electron chi connectivity index (χ0n) is 13.1. The predicted octanol–water partition coefficient (Wildman–Crippen LogP) is 2.55. The summed E-state index contributed by atoms with van der Waals surface area (Å²) >= 11 is 0. The molecule has 5 nitrogen and oxygen atoms in total. The second-order valence-electron chi connectivity index (χ2n) is 5.94. The molecule has 5 heteroatoms. The molecule has 1 aromatic heterocycles. The highest BCUT2D eigenvalue weighted by Gasteiger charge is 2.27. The molecule has 0 saturated heterocycles. The number of nitrogens with one attached hydrogen (secondary N) is 1. The highest BCUT2D eigenvalue weighted by molar-refractivity contribution is 5.56. The molecule has 2 rings (SSSR count). The van der Waals surface area contributed by atoms with Gasteiger partial charge in [-0.05, 0) is 31.2 Å². The smallest absolute Gasteiger partial charge is 0.167 e. The van der Waals surface area contributed by atoms with Crippen molar-refractivity contribution >= 4 is 5.82 Å². The Morgan fingerprint density at radius 2 is 1.90 bits per heavy atom. The Kier molecular flexibility index (Phi) is 5.13. The number of aryl methyl sites for hydroxylation is 1. The van der Waals surface area contributed by atoms with Crippen LogP contribution in [0.1, 0.15) is 62.8 Å². The van der Waals surface area contributed by atoms with Gasteiger partial charge in [-0.15, -0.1) is 5.10 Å². The average molecular weight is 287 g/mol. The van der Waals surface area contributed by atoms with Gasteiger partial charge in [0, 0.05) is 12.1 Å². The van der Waals surface area contributed by atoms with Crippen LogP contribution in [0, 0.1) is 11.3 Å². The predicted molar refractivity (Wildman–Crippen MR) is 84.0 cm³/mol. The van der Waals surface area contributed by atoms with Crippen molar-refractivity contribution in [2.45, 2.75) is 64.3 Å². The third-order valence-corrected chi connectivity index (χ3v) is 4.42. The number of anilines is 1. The van der Waals surface area contributed by atoms with Gasteiger partial charge in [0.25, 0.3) is 0 Å². The van der Waals surface area contributed by atoms with Crippen LogP contribution < -0.4 is 11.1 Å². The van der Waals surface area contributed by atoms with Crippen molar-refractivity contribution in [2.24, 2.45) is 5.73 Å². The van der Waals surface area contributed by atoms with E-state index in [2.05, 4.69) is 21.6 Å². The fraction of sp³-hybridized carbons (Fsp3) is 0.688. The highest BCUT2D eigenvalue weighted by atomic mass is 15.2. The van der Waals surface area contributed by atoms with E-state index in [1.807, 2.05) is 13.8 Å².